The molecular formula is C17H21N3O7. The lowest BCUT2D eigenvalue weighted by atomic mass is 10.1. The highest BCUT2D eigenvalue weighted by atomic mass is 16.6. The maximum absolute atomic E-state index is 12.3. The minimum Gasteiger partial charge on any atom is -0.496 e. The molecule has 1 aliphatic rings. The number of nitro benzene ring substituents is 1. The van der Waals surface area contributed by atoms with E-state index in [0.717, 1.165) is 31.7 Å². The van der Waals surface area contributed by atoms with Crippen LogP contribution in [0.4, 0.5) is 10.5 Å². The van der Waals surface area contributed by atoms with Crippen molar-refractivity contribution in [2.75, 3.05) is 7.11 Å². The van der Waals surface area contributed by atoms with Gasteiger partial charge < -0.3 is 14.8 Å². The average Bonchev–Trinajstić information content (AvgIpc) is 3.13. The van der Waals surface area contributed by atoms with E-state index in [0.29, 0.717) is 0 Å². The first kappa shape index (κ1) is 20.1. The maximum Gasteiger partial charge on any atom is 0.342 e. The summed E-state index contributed by atoms with van der Waals surface area (Å²) in [6.45, 7) is 1.29. The topological polar surface area (TPSA) is 137 Å². The Balaban J connectivity index is 1.97. The molecule has 3 amide bonds. The molecule has 1 saturated carbocycles. The Bertz CT molecular complexity index is 744. The van der Waals surface area contributed by atoms with E-state index in [9.17, 15) is 24.5 Å². The Labute approximate surface area is 155 Å². The number of carbonyl (C=O) groups excluding carboxylic acids is 3. The molecule has 0 aliphatic heterocycles. The summed E-state index contributed by atoms with van der Waals surface area (Å²) in [5, 5.41) is 15.7. The lowest BCUT2D eigenvalue weighted by molar-refractivity contribution is -0.384. The smallest absolute Gasteiger partial charge is 0.342 e. The van der Waals surface area contributed by atoms with E-state index in [4.69, 9.17) is 9.47 Å². The first-order valence-electron chi connectivity index (χ1n) is 8.46. The maximum atomic E-state index is 12.3. The van der Waals surface area contributed by atoms with Gasteiger partial charge in [0.05, 0.1) is 12.0 Å². The Morgan fingerprint density at radius 3 is 2.52 bits per heavy atom. The van der Waals surface area contributed by atoms with E-state index in [1.165, 1.54) is 26.2 Å². The lowest BCUT2D eigenvalue weighted by Gasteiger charge is -2.16. The number of carbonyl (C=O) groups is 3. The molecule has 2 rings (SSSR count). The zero-order valence-corrected chi connectivity index (χ0v) is 15.0. The molecule has 0 aromatic heterocycles. The number of nitrogens with one attached hydrogen (secondary N) is 2. The van der Waals surface area contributed by atoms with Crippen molar-refractivity contribution in [3.63, 3.8) is 0 Å². The molecule has 0 spiro atoms. The molecule has 1 aromatic carbocycles. The minimum atomic E-state index is -1.28. The van der Waals surface area contributed by atoms with Gasteiger partial charge in [-0.1, -0.05) is 12.8 Å². The normalized spacial score (nSPS) is 14.9. The largest absolute Gasteiger partial charge is 0.496 e. The van der Waals surface area contributed by atoms with Crippen LogP contribution < -0.4 is 15.4 Å². The van der Waals surface area contributed by atoms with E-state index in [1.54, 1.807) is 0 Å². The number of imide groups is 1. The molecule has 27 heavy (non-hydrogen) atoms. The quantitative estimate of drug-likeness (QED) is 0.437. The van der Waals surface area contributed by atoms with E-state index < -0.39 is 28.9 Å². The summed E-state index contributed by atoms with van der Waals surface area (Å²) in [6, 6.07) is 2.82. The van der Waals surface area contributed by atoms with Gasteiger partial charge in [-0.05, 0) is 25.8 Å². The Morgan fingerprint density at radius 1 is 1.26 bits per heavy atom. The standard InChI is InChI=1S/C17H21N3O7/c1-10(15(21)19-17(23)18-11-5-3-4-6-11)27-16(22)13-9-12(20(24)25)7-8-14(13)26-2/h7-11H,3-6H2,1-2H3,(H2,18,19,21,23)/t10-/m1/s1. The average molecular weight is 379 g/mol. The van der Waals surface area contributed by atoms with Crippen LogP contribution in [-0.2, 0) is 9.53 Å². The molecule has 1 aromatic rings. The molecule has 1 atom stereocenters. The molecule has 1 fully saturated rings. The molecule has 2 N–H and O–H groups in total. The van der Waals surface area contributed by atoms with Crippen LogP contribution in [-0.4, -0.2) is 42.1 Å². The summed E-state index contributed by atoms with van der Waals surface area (Å²) in [4.78, 5) is 46.3. The first-order valence-corrected chi connectivity index (χ1v) is 8.46. The second-order valence-corrected chi connectivity index (χ2v) is 6.13. The molecule has 1 aliphatic carbocycles. The summed E-state index contributed by atoms with van der Waals surface area (Å²) in [7, 11) is 1.29. The lowest BCUT2D eigenvalue weighted by Crippen LogP contribution is -2.47. The SMILES string of the molecule is COc1ccc([N+](=O)[O-])cc1C(=O)O[C@H](C)C(=O)NC(=O)NC1CCCC1. The Hall–Kier alpha value is -3.17. The van der Waals surface area contributed by atoms with Crippen molar-refractivity contribution in [2.45, 2.75) is 44.8 Å². The van der Waals surface area contributed by atoms with Crippen LogP contribution >= 0.6 is 0 Å². The summed E-state index contributed by atoms with van der Waals surface area (Å²) < 4.78 is 10.0. The third-order valence-corrected chi connectivity index (χ3v) is 4.19. The minimum absolute atomic E-state index is 0.0322. The van der Waals surface area contributed by atoms with Gasteiger partial charge in [0.1, 0.15) is 11.3 Å². The second kappa shape index (κ2) is 8.97. The van der Waals surface area contributed by atoms with Gasteiger partial charge in [0.15, 0.2) is 6.10 Å². The Kier molecular flexibility index (Phi) is 6.69. The molecule has 0 heterocycles. The number of methoxy groups -OCH3 is 1. The highest BCUT2D eigenvalue weighted by Crippen LogP contribution is 2.25. The van der Waals surface area contributed by atoms with Crippen LogP contribution in [0, 0.1) is 10.1 Å². The molecule has 146 valence electrons. The predicted molar refractivity (Wildman–Crippen MR) is 93.5 cm³/mol. The number of hydrogen-bond acceptors (Lipinski definition) is 7. The van der Waals surface area contributed by atoms with Crippen molar-refractivity contribution < 1.29 is 28.8 Å². The molecule has 0 radical (unpaired) electrons. The Morgan fingerprint density at radius 2 is 1.93 bits per heavy atom. The highest BCUT2D eigenvalue weighted by molar-refractivity contribution is 5.99. The number of benzene rings is 1. The van der Waals surface area contributed by atoms with Gasteiger partial charge in [0.25, 0.3) is 11.6 Å². The molecule has 0 unspecified atom stereocenters. The van der Waals surface area contributed by atoms with Crippen LogP contribution in [0.5, 0.6) is 5.75 Å². The number of non-ortho nitro benzene ring substituents is 1. The third kappa shape index (κ3) is 5.40. The van der Waals surface area contributed by atoms with Crippen molar-refractivity contribution in [3.8, 4) is 5.75 Å². The zero-order valence-electron chi connectivity index (χ0n) is 15.0. The van der Waals surface area contributed by atoms with E-state index in [-0.39, 0.29) is 23.0 Å². The van der Waals surface area contributed by atoms with E-state index in [2.05, 4.69) is 10.6 Å². The predicted octanol–water partition coefficient (Wildman–Crippen LogP) is 1.92. The molecule has 0 bridgehead atoms. The van der Waals surface area contributed by atoms with E-state index in [1.807, 2.05) is 0 Å². The van der Waals surface area contributed by atoms with Crippen molar-refractivity contribution in [3.05, 3.63) is 33.9 Å². The first-order chi connectivity index (χ1) is 12.8. The van der Waals surface area contributed by atoms with Gasteiger partial charge in [0, 0.05) is 18.2 Å². The van der Waals surface area contributed by atoms with Crippen LogP contribution in [0.2, 0.25) is 0 Å². The number of urea groups is 1. The van der Waals surface area contributed by atoms with Crippen LogP contribution in [0.25, 0.3) is 0 Å². The number of ether oxygens (including phenoxy) is 2. The summed E-state index contributed by atoms with van der Waals surface area (Å²) in [5.74, 6) is -1.71. The molecule has 0 saturated heterocycles. The van der Waals surface area contributed by atoms with Crippen LogP contribution in [0.3, 0.4) is 0 Å². The summed E-state index contributed by atoms with van der Waals surface area (Å²) in [6.07, 6.45) is 2.49. The van der Waals surface area contributed by atoms with Gasteiger partial charge in [0.2, 0.25) is 0 Å². The number of amides is 3. The van der Waals surface area contributed by atoms with Gasteiger partial charge in [-0.15, -0.1) is 0 Å². The van der Waals surface area contributed by atoms with Gasteiger partial charge in [-0.2, -0.15) is 0 Å². The van der Waals surface area contributed by atoms with Gasteiger partial charge >= 0.3 is 12.0 Å². The summed E-state index contributed by atoms with van der Waals surface area (Å²) >= 11 is 0. The van der Waals surface area contributed by atoms with Crippen molar-refractivity contribution >= 4 is 23.6 Å². The molecule has 10 nitrogen and oxygen atoms in total. The fraction of sp³-hybridized carbons (Fsp3) is 0.471. The number of nitrogens with zero attached hydrogens (tertiary/aromatic N) is 1. The van der Waals surface area contributed by atoms with Gasteiger partial charge in [-0.3, -0.25) is 20.2 Å². The molecular weight excluding hydrogens is 358 g/mol. The van der Waals surface area contributed by atoms with E-state index >= 15 is 0 Å². The molecule has 10 heteroatoms. The monoisotopic (exact) mass is 379 g/mol. The fourth-order valence-corrected chi connectivity index (χ4v) is 2.75. The number of rotatable bonds is 6. The zero-order chi connectivity index (χ0) is 20.0. The van der Waals surface area contributed by atoms with Crippen LogP contribution in [0.1, 0.15) is 43.0 Å². The third-order valence-electron chi connectivity index (χ3n) is 4.19. The van der Waals surface area contributed by atoms with Crippen molar-refractivity contribution in [1.82, 2.24) is 10.6 Å². The van der Waals surface area contributed by atoms with Crippen LogP contribution in [0.15, 0.2) is 18.2 Å². The fourth-order valence-electron chi connectivity index (χ4n) is 2.75. The van der Waals surface area contributed by atoms with Gasteiger partial charge in [-0.25, -0.2) is 9.59 Å². The van der Waals surface area contributed by atoms with Crippen molar-refractivity contribution in [2.24, 2.45) is 0 Å². The second-order valence-electron chi connectivity index (χ2n) is 6.13. The summed E-state index contributed by atoms with van der Waals surface area (Å²) in [5.41, 5.74) is -0.516. The number of nitro groups is 1. The van der Waals surface area contributed by atoms with Crippen molar-refractivity contribution in [1.29, 1.82) is 0 Å². The number of esters is 1. The number of hydrogen-bond donors (Lipinski definition) is 2. The highest BCUT2D eigenvalue weighted by Gasteiger charge is 2.25.